The van der Waals surface area contributed by atoms with Crippen LogP contribution in [0, 0.1) is 5.82 Å². The molecule has 68 valence electrons. The number of nitrogens with two attached hydrogens (primary N) is 1. The first-order chi connectivity index (χ1) is 6.20. The van der Waals surface area contributed by atoms with Crippen molar-refractivity contribution >= 4 is 26.7 Å². The van der Waals surface area contributed by atoms with Crippen molar-refractivity contribution in [1.82, 2.24) is 4.98 Å². The summed E-state index contributed by atoms with van der Waals surface area (Å²) in [5.74, 6) is -0.276. The summed E-state index contributed by atoms with van der Waals surface area (Å²) in [5.41, 5.74) is 6.86. The lowest BCUT2D eigenvalue weighted by molar-refractivity contribution is 0.635. The molecule has 2 aromatic rings. The molecule has 2 nitrogen and oxygen atoms in total. The highest BCUT2D eigenvalue weighted by Gasteiger charge is 2.07. The Morgan fingerprint density at radius 3 is 3.00 bits per heavy atom. The first-order valence-electron chi connectivity index (χ1n) is 4.05. The van der Waals surface area contributed by atoms with Crippen LogP contribution in [0.1, 0.15) is 12.5 Å². The van der Waals surface area contributed by atoms with Gasteiger partial charge in [-0.15, -0.1) is 0 Å². The van der Waals surface area contributed by atoms with Gasteiger partial charge in [-0.1, -0.05) is 18.3 Å². The van der Waals surface area contributed by atoms with E-state index in [0.717, 1.165) is 16.7 Å². The second-order valence-corrected chi connectivity index (χ2v) is 3.89. The molecule has 0 radical (unpaired) electrons. The van der Waals surface area contributed by atoms with Crippen molar-refractivity contribution in [2.45, 2.75) is 13.3 Å². The van der Waals surface area contributed by atoms with Crippen molar-refractivity contribution in [3.63, 3.8) is 0 Å². The standard InChI is InChI=1S/C9H9FN2S/c1-2-5-3-6(10)8-7(4-5)13-9(11)12-8/h3-4H,2H2,1H3,(H2,11,12). The van der Waals surface area contributed by atoms with E-state index < -0.39 is 0 Å². The molecular formula is C9H9FN2S. The minimum atomic E-state index is -0.276. The SMILES string of the molecule is CCc1cc(F)c2nc(N)sc2c1. The third-order valence-corrected chi connectivity index (χ3v) is 2.76. The molecule has 0 amide bonds. The van der Waals surface area contributed by atoms with Crippen LogP contribution in [0.25, 0.3) is 10.2 Å². The number of rotatable bonds is 1. The first kappa shape index (κ1) is 8.44. The fourth-order valence-electron chi connectivity index (χ4n) is 1.26. The summed E-state index contributed by atoms with van der Waals surface area (Å²) in [4.78, 5) is 3.91. The van der Waals surface area contributed by atoms with E-state index >= 15 is 0 Å². The Hall–Kier alpha value is -1.16. The largest absolute Gasteiger partial charge is 0.375 e. The van der Waals surface area contributed by atoms with E-state index in [-0.39, 0.29) is 5.82 Å². The number of hydrogen-bond donors (Lipinski definition) is 1. The third kappa shape index (κ3) is 1.37. The van der Waals surface area contributed by atoms with Gasteiger partial charge in [0.25, 0.3) is 0 Å². The summed E-state index contributed by atoms with van der Waals surface area (Å²) in [6.45, 7) is 1.99. The van der Waals surface area contributed by atoms with E-state index in [2.05, 4.69) is 4.98 Å². The van der Waals surface area contributed by atoms with E-state index in [1.807, 2.05) is 13.0 Å². The summed E-state index contributed by atoms with van der Waals surface area (Å²) >= 11 is 1.32. The molecule has 0 aliphatic carbocycles. The van der Waals surface area contributed by atoms with Gasteiger partial charge in [-0.25, -0.2) is 9.37 Å². The number of halogens is 1. The molecular weight excluding hydrogens is 187 g/mol. The minimum absolute atomic E-state index is 0.276. The van der Waals surface area contributed by atoms with Crippen molar-refractivity contribution in [2.75, 3.05) is 5.73 Å². The summed E-state index contributed by atoms with van der Waals surface area (Å²) in [6, 6.07) is 3.45. The maximum atomic E-state index is 13.3. The fraction of sp³-hybridized carbons (Fsp3) is 0.222. The van der Waals surface area contributed by atoms with Gasteiger partial charge >= 0.3 is 0 Å². The van der Waals surface area contributed by atoms with Crippen LogP contribution in [0.3, 0.4) is 0 Å². The summed E-state index contributed by atoms with van der Waals surface area (Å²) in [7, 11) is 0. The highest BCUT2D eigenvalue weighted by molar-refractivity contribution is 7.22. The molecule has 0 unspecified atom stereocenters. The molecule has 0 saturated carbocycles. The molecule has 0 atom stereocenters. The molecule has 0 fully saturated rings. The van der Waals surface area contributed by atoms with E-state index in [4.69, 9.17) is 5.73 Å². The van der Waals surface area contributed by atoms with Crippen molar-refractivity contribution < 1.29 is 4.39 Å². The van der Waals surface area contributed by atoms with Crippen LogP contribution in [0.4, 0.5) is 9.52 Å². The molecule has 0 spiro atoms. The van der Waals surface area contributed by atoms with Crippen LogP contribution in [0.15, 0.2) is 12.1 Å². The predicted molar refractivity (Wildman–Crippen MR) is 53.4 cm³/mol. The number of aromatic nitrogens is 1. The smallest absolute Gasteiger partial charge is 0.181 e. The highest BCUT2D eigenvalue weighted by Crippen LogP contribution is 2.27. The number of anilines is 1. The summed E-state index contributed by atoms with van der Waals surface area (Å²) in [5, 5.41) is 0.419. The van der Waals surface area contributed by atoms with E-state index in [1.54, 1.807) is 0 Å². The average Bonchev–Trinajstić information content (AvgIpc) is 2.46. The van der Waals surface area contributed by atoms with Gasteiger partial charge in [0.1, 0.15) is 5.52 Å². The van der Waals surface area contributed by atoms with Gasteiger partial charge in [-0.3, -0.25) is 0 Å². The molecule has 1 aromatic carbocycles. The van der Waals surface area contributed by atoms with Crippen LogP contribution >= 0.6 is 11.3 Å². The van der Waals surface area contributed by atoms with Crippen LogP contribution < -0.4 is 5.73 Å². The second kappa shape index (κ2) is 2.96. The lowest BCUT2D eigenvalue weighted by atomic mass is 10.1. The number of nitrogen functional groups attached to an aromatic ring is 1. The zero-order chi connectivity index (χ0) is 9.42. The van der Waals surface area contributed by atoms with Gasteiger partial charge in [0.2, 0.25) is 0 Å². The Balaban J connectivity index is 2.75. The van der Waals surface area contributed by atoms with Gasteiger partial charge in [0, 0.05) is 0 Å². The van der Waals surface area contributed by atoms with Gasteiger partial charge in [0.05, 0.1) is 4.70 Å². The number of thiazole rings is 1. The first-order valence-corrected chi connectivity index (χ1v) is 4.86. The Kier molecular flexibility index (Phi) is 1.92. The van der Waals surface area contributed by atoms with Crippen LogP contribution in [-0.2, 0) is 6.42 Å². The zero-order valence-electron chi connectivity index (χ0n) is 7.17. The molecule has 0 aliphatic heterocycles. The van der Waals surface area contributed by atoms with Crippen molar-refractivity contribution in [3.05, 3.63) is 23.5 Å². The van der Waals surface area contributed by atoms with Crippen LogP contribution in [0.2, 0.25) is 0 Å². The highest BCUT2D eigenvalue weighted by atomic mass is 32.1. The van der Waals surface area contributed by atoms with Gasteiger partial charge in [-0.2, -0.15) is 0 Å². The van der Waals surface area contributed by atoms with Crippen molar-refractivity contribution in [2.24, 2.45) is 0 Å². The molecule has 2 rings (SSSR count). The quantitative estimate of drug-likeness (QED) is 0.761. The second-order valence-electron chi connectivity index (χ2n) is 2.83. The molecule has 2 N–H and O–H groups in total. The predicted octanol–water partition coefficient (Wildman–Crippen LogP) is 2.58. The normalized spacial score (nSPS) is 10.9. The average molecular weight is 196 g/mol. The molecule has 0 aliphatic rings. The topological polar surface area (TPSA) is 38.9 Å². The van der Waals surface area contributed by atoms with Crippen molar-refractivity contribution in [1.29, 1.82) is 0 Å². The van der Waals surface area contributed by atoms with E-state index in [0.29, 0.717) is 10.6 Å². The Labute approximate surface area is 79.2 Å². The molecule has 4 heteroatoms. The number of benzene rings is 1. The molecule has 0 saturated heterocycles. The molecule has 0 bridgehead atoms. The number of aryl methyl sites for hydroxylation is 1. The van der Waals surface area contributed by atoms with Gasteiger partial charge in [0.15, 0.2) is 10.9 Å². The third-order valence-electron chi connectivity index (χ3n) is 1.93. The Bertz CT molecular complexity index is 450. The summed E-state index contributed by atoms with van der Waals surface area (Å²) < 4.78 is 14.2. The van der Waals surface area contributed by atoms with Gasteiger partial charge in [-0.05, 0) is 24.1 Å². The maximum absolute atomic E-state index is 13.3. The number of hydrogen-bond acceptors (Lipinski definition) is 3. The number of fused-ring (bicyclic) bond motifs is 1. The number of nitrogens with zero attached hydrogens (tertiary/aromatic N) is 1. The monoisotopic (exact) mass is 196 g/mol. The van der Waals surface area contributed by atoms with Crippen LogP contribution in [0.5, 0.6) is 0 Å². The Morgan fingerprint density at radius 1 is 1.54 bits per heavy atom. The van der Waals surface area contributed by atoms with Gasteiger partial charge < -0.3 is 5.73 Å². The molecule has 1 aromatic heterocycles. The van der Waals surface area contributed by atoms with Crippen molar-refractivity contribution in [3.8, 4) is 0 Å². The maximum Gasteiger partial charge on any atom is 0.181 e. The lowest BCUT2D eigenvalue weighted by Gasteiger charge is -1.96. The zero-order valence-corrected chi connectivity index (χ0v) is 7.99. The lowest BCUT2D eigenvalue weighted by Crippen LogP contribution is -1.85. The Morgan fingerprint density at radius 2 is 2.31 bits per heavy atom. The molecule has 13 heavy (non-hydrogen) atoms. The molecule has 1 heterocycles. The van der Waals surface area contributed by atoms with E-state index in [9.17, 15) is 4.39 Å². The van der Waals surface area contributed by atoms with E-state index in [1.165, 1.54) is 17.4 Å². The summed E-state index contributed by atoms with van der Waals surface area (Å²) in [6.07, 6.45) is 0.824. The van der Waals surface area contributed by atoms with Crippen LogP contribution in [-0.4, -0.2) is 4.98 Å². The minimum Gasteiger partial charge on any atom is -0.375 e. The fourth-order valence-corrected chi connectivity index (χ4v) is 2.08.